The van der Waals surface area contributed by atoms with Crippen LogP contribution in [0.1, 0.15) is 97.7 Å². The molecule has 10 nitrogen and oxygen atoms in total. The third-order valence-electron chi connectivity index (χ3n) is 9.03. The first-order valence-corrected chi connectivity index (χ1v) is 17.1. The Morgan fingerprint density at radius 2 is 1.79 bits per heavy atom. The lowest BCUT2D eigenvalue weighted by atomic mass is 9.92. The topological polar surface area (TPSA) is 128 Å². The number of piperidine rings is 1. The summed E-state index contributed by atoms with van der Waals surface area (Å²) in [5.41, 5.74) is 8.97. The van der Waals surface area contributed by atoms with E-state index >= 15 is 0 Å². The van der Waals surface area contributed by atoms with Crippen molar-refractivity contribution in [3.8, 4) is 5.88 Å². The van der Waals surface area contributed by atoms with Gasteiger partial charge in [0.15, 0.2) is 0 Å². The molecule has 0 bridgehead atoms. The van der Waals surface area contributed by atoms with Crippen LogP contribution in [0.4, 0.5) is 11.5 Å². The van der Waals surface area contributed by atoms with E-state index in [1.807, 2.05) is 44.2 Å². The lowest BCUT2D eigenvalue weighted by molar-refractivity contribution is -0.143. The van der Waals surface area contributed by atoms with Gasteiger partial charge in [0.25, 0.3) is 5.91 Å². The fraction of sp³-hybridized carbons (Fsp3) is 0.500. The number of rotatable bonds is 13. The number of amides is 2. The summed E-state index contributed by atoms with van der Waals surface area (Å²) in [4.78, 5) is 51.8. The molecule has 10 heteroatoms. The maximum Gasteiger partial charge on any atom is 0.306 e. The summed E-state index contributed by atoms with van der Waals surface area (Å²) >= 11 is 0. The Hall–Kier alpha value is -4.47. The molecule has 1 aliphatic heterocycles. The molecule has 2 fully saturated rings. The Balaban J connectivity index is 1.28. The van der Waals surface area contributed by atoms with Crippen molar-refractivity contribution in [3.05, 3.63) is 77.1 Å². The predicted molar refractivity (Wildman–Crippen MR) is 186 cm³/mol. The smallest absolute Gasteiger partial charge is 0.306 e. The van der Waals surface area contributed by atoms with Gasteiger partial charge in [0.05, 0.1) is 30.9 Å². The molecule has 3 aromatic rings. The third kappa shape index (κ3) is 9.11. The van der Waals surface area contributed by atoms with Gasteiger partial charge < -0.3 is 20.1 Å². The van der Waals surface area contributed by atoms with Crippen LogP contribution in [0.2, 0.25) is 0 Å². The molecule has 1 atom stereocenters. The molecule has 2 N–H and O–H groups in total. The minimum absolute atomic E-state index is 0.117. The Labute approximate surface area is 284 Å². The molecule has 1 unspecified atom stereocenters. The number of esters is 1. The van der Waals surface area contributed by atoms with Crippen molar-refractivity contribution in [2.45, 2.75) is 72.6 Å². The van der Waals surface area contributed by atoms with Gasteiger partial charge in [0, 0.05) is 43.2 Å². The first-order chi connectivity index (χ1) is 22.9. The SMILES string of the molecule is CCOC(=O)CC(c1ccnc(OCC2CCN(c3cc(C(N)=O)ccc3C(=O)N(CC(C)(C)C)c3cccc(C)n3)CC2)c1)C1CC1. The van der Waals surface area contributed by atoms with Crippen LogP contribution in [-0.2, 0) is 9.53 Å². The van der Waals surface area contributed by atoms with E-state index in [1.54, 1.807) is 29.3 Å². The number of anilines is 2. The van der Waals surface area contributed by atoms with Crippen LogP contribution in [-0.4, -0.2) is 60.6 Å². The first kappa shape index (κ1) is 34.9. The molecule has 0 radical (unpaired) electrons. The second-order valence-electron chi connectivity index (χ2n) is 14.3. The average Bonchev–Trinajstić information content (AvgIpc) is 3.90. The van der Waals surface area contributed by atoms with Crippen LogP contribution < -0.4 is 20.3 Å². The maximum absolute atomic E-state index is 14.3. The zero-order chi connectivity index (χ0) is 34.4. The fourth-order valence-corrected chi connectivity index (χ4v) is 6.42. The molecule has 48 heavy (non-hydrogen) atoms. The normalized spacial score (nSPS) is 15.9. The Bertz CT molecular complexity index is 1610. The van der Waals surface area contributed by atoms with Crippen LogP contribution >= 0.6 is 0 Å². The van der Waals surface area contributed by atoms with E-state index < -0.39 is 5.91 Å². The van der Waals surface area contributed by atoms with Crippen molar-refractivity contribution in [1.29, 1.82) is 0 Å². The third-order valence-corrected chi connectivity index (χ3v) is 9.03. The number of nitrogens with zero attached hydrogens (tertiary/aromatic N) is 4. The van der Waals surface area contributed by atoms with Gasteiger partial charge in [-0.1, -0.05) is 26.8 Å². The van der Waals surface area contributed by atoms with E-state index in [9.17, 15) is 14.4 Å². The number of carbonyl (C=O) groups is 3. The van der Waals surface area contributed by atoms with Crippen LogP contribution in [0.15, 0.2) is 54.7 Å². The molecule has 1 saturated carbocycles. The van der Waals surface area contributed by atoms with Crippen LogP contribution in [0.5, 0.6) is 5.88 Å². The van der Waals surface area contributed by atoms with Crippen LogP contribution in [0, 0.1) is 24.2 Å². The summed E-state index contributed by atoms with van der Waals surface area (Å²) in [6, 6.07) is 14.7. The molecular formula is C38H49N5O5. The van der Waals surface area contributed by atoms with Crippen molar-refractivity contribution in [2.75, 3.05) is 42.6 Å². The molecule has 2 aromatic heterocycles. The average molecular weight is 656 g/mol. The Kier molecular flexibility index (Phi) is 11.0. The summed E-state index contributed by atoms with van der Waals surface area (Å²) in [5, 5.41) is 0. The number of hydrogen-bond donors (Lipinski definition) is 1. The second-order valence-corrected chi connectivity index (χ2v) is 14.3. The highest BCUT2D eigenvalue weighted by Gasteiger charge is 2.35. The number of pyridine rings is 2. The number of benzene rings is 1. The summed E-state index contributed by atoms with van der Waals surface area (Å²) in [6.07, 6.45) is 6.05. The monoisotopic (exact) mass is 655 g/mol. The number of hydrogen-bond acceptors (Lipinski definition) is 8. The number of carbonyl (C=O) groups excluding carboxylic acids is 3. The van der Waals surface area contributed by atoms with Gasteiger partial charge in [-0.25, -0.2) is 9.97 Å². The van der Waals surface area contributed by atoms with Gasteiger partial charge in [-0.15, -0.1) is 0 Å². The lowest BCUT2D eigenvalue weighted by Crippen LogP contribution is -2.41. The summed E-state index contributed by atoms with van der Waals surface area (Å²) in [6.45, 7) is 12.8. The van der Waals surface area contributed by atoms with E-state index in [0.29, 0.717) is 73.7 Å². The van der Waals surface area contributed by atoms with Gasteiger partial charge >= 0.3 is 5.97 Å². The van der Waals surface area contributed by atoms with Crippen molar-refractivity contribution in [1.82, 2.24) is 9.97 Å². The van der Waals surface area contributed by atoms with Crippen LogP contribution in [0.25, 0.3) is 0 Å². The van der Waals surface area contributed by atoms with Gasteiger partial charge in [-0.3, -0.25) is 19.3 Å². The highest BCUT2D eigenvalue weighted by atomic mass is 16.5. The molecule has 3 heterocycles. The Morgan fingerprint density at radius 1 is 1.04 bits per heavy atom. The quantitative estimate of drug-likeness (QED) is 0.212. The number of aromatic nitrogens is 2. The van der Waals surface area contributed by atoms with Gasteiger partial charge in [-0.05, 0) is 105 Å². The van der Waals surface area contributed by atoms with E-state index in [1.165, 1.54) is 0 Å². The minimum atomic E-state index is -0.536. The fourth-order valence-electron chi connectivity index (χ4n) is 6.42. The first-order valence-electron chi connectivity index (χ1n) is 17.1. The Morgan fingerprint density at radius 3 is 2.44 bits per heavy atom. The van der Waals surface area contributed by atoms with Gasteiger partial charge in [0.1, 0.15) is 5.82 Å². The molecule has 2 amide bonds. The summed E-state index contributed by atoms with van der Waals surface area (Å²) in [7, 11) is 0. The molecular weight excluding hydrogens is 606 g/mol. The molecule has 1 aliphatic carbocycles. The number of aryl methyl sites for hydroxylation is 1. The summed E-state index contributed by atoms with van der Waals surface area (Å²) < 4.78 is 11.4. The van der Waals surface area contributed by atoms with Crippen molar-refractivity contribution in [2.24, 2.45) is 23.0 Å². The van der Waals surface area contributed by atoms with E-state index in [2.05, 4.69) is 35.6 Å². The summed E-state index contributed by atoms with van der Waals surface area (Å²) in [5.74, 6) is 1.19. The van der Waals surface area contributed by atoms with Crippen LogP contribution in [0.3, 0.4) is 0 Å². The number of primary amides is 1. The molecule has 1 saturated heterocycles. The van der Waals surface area contributed by atoms with E-state index in [4.69, 9.17) is 15.2 Å². The molecule has 256 valence electrons. The highest BCUT2D eigenvalue weighted by molar-refractivity contribution is 6.10. The van der Waals surface area contributed by atoms with Gasteiger partial charge in [0.2, 0.25) is 11.8 Å². The van der Waals surface area contributed by atoms with E-state index in [0.717, 1.165) is 36.9 Å². The largest absolute Gasteiger partial charge is 0.477 e. The predicted octanol–water partition coefficient (Wildman–Crippen LogP) is 6.32. The highest BCUT2D eigenvalue weighted by Crippen LogP contribution is 2.45. The van der Waals surface area contributed by atoms with Gasteiger partial charge in [-0.2, -0.15) is 0 Å². The maximum atomic E-state index is 14.3. The van der Waals surface area contributed by atoms with Crippen molar-refractivity contribution >= 4 is 29.3 Å². The minimum Gasteiger partial charge on any atom is -0.477 e. The molecule has 0 spiro atoms. The molecule has 2 aliphatic rings. The van der Waals surface area contributed by atoms with E-state index in [-0.39, 0.29) is 29.1 Å². The lowest BCUT2D eigenvalue weighted by Gasteiger charge is -2.36. The second kappa shape index (κ2) is 15.2. The standard InChI is InChI=1S/C38H49N5O5/c1-6-47-35(44)22-31(27-10-11-27)28-14-17-40-34(21-28)48-23-26-15-18-42(19-16-26)32-20-29(36(39)45)12-13-30(32)37(46)43(24-38(3,4)5)33-9-7-8-25(2)41-33/h7-9,12-14,17,20-21,26-27,31H,6,10-11,15-16,18-19,22-24H2,1-5H3,(H2,39,45). The van der Waals surface area contributed by atoms with Crippen molar-refractivity contribution < 1.29 is 23.9 Å². The molecule has 5 rings (SSSR count). The number of ether oxygens (including phenoxy) is 2. The number of nitrogens with two attached hydrogens (primary N) is 1. The van der Waals surface area contributed by atoms with Crippen molar-refractivity contribution in [3.63, 3.8) is 0 Å². The zero-order valence-electron chi connectivity index (χ0n) is 28.9. The zero-order valence-corrected chi connectivity index (χ0v) is 28.9. The molecule has 1 aromatic carbocycles.